The van der Waals surface area contributed by atoms with Gasteiger partial charge < -0.3 is 4.57 Å². The van der Waals surface area contributed by atoms with Crippen LogP contribution in [0, 0.1) is 5.92 Å². The van der Waals surface area contributed by atoms with Crippen LogP contribution in [-0.4, -0.2) is 9.55 Å². The number of para-hydroxylation sites is 2. The summed E-state index contributed by atoms with van der Waals surface area (Å²) in [6, 6.07) is 23.9. The van der Waals surface area contributed by atoms with E-state index in [1.807, 2.05) is 0 Å². The molecular weight excluding hydrogens is 340 g/mol. The van der Waals surface area contributed by atoms with Crippen LogP contribution in [0.2, 0.25) is 0 Å². The van der Waals surface area contributed by atoms with Crippen LogP contribution >= 0.6 is 0 Å². The Labute approximate surface area is 167 Å². The maximum atomic E-state index is 5.04. The monoisotopic (exact) mass is 368 g/mol. The summed E-state index contributed by atoms with van der Waals surface area (Å²) < 4.78 is 2.49. The third-order valence-corrected chi connectivity index (χ3v) is 6.45. The molecule has 0 atom stereocenters. The first-order valence-corrected chi connectivity index (χ1v) is 10.8. The van der Waals surface area contributed by atoms with Gasteiger partial charge >= 0.3 is 0 Å². The molecule has 1 saturated carbocycles. The fourth-order valence-corrected chi connectivity index (χ4v) is 4.91. The standard InChI is InChI=1S/C26H28N2/c1-2-9-20(10-3-1)17-18-28-25-16-7-6-15-24(25)27-26(28)19-22-13-8-12-21-11-4-5-14-23(21)22/h4-8,11-16,20H,1-3,9-10,17-19H2. The zero-order chi connectivity index (χ0) is 18.8. The Balaban J connectivity index is 1.49. The smallest absolute Gasteiger partial charge is 0.114 e. The molecule has 4 aromatic rings. The fourth-order valence-electron chi connectivity index (χ4n) is 4.91. The van der Waals surface area contributed by atoms with Crippen LogP contribution in [0.5, 0.6) is 0 Å². The minimum Gasteiger partial charge on any atom is -0.328 e. The van der Waals surface area contributed by atoms with Crippen molar-refractivity contribution in [1.29, 1.82) is 0 Å². The van der Waals surface area contributed by atoms with Gasteiger partial charge in [0, 0.05) is 13.0 Å². The summed E-state index contributed by atoms with van der Waals surface area (Å²) in [5.74, 6) is 2.09. The van der Waals surface area contributed by atoms with E-state index in [4.69, 9.17) is 4.98 Å². The molecule has 1 aromatic heterocycles. The summed E-state index contributed by atoms with van der Waals surface area (Å²) in [4.78, 5) is 5.04. The number of hydrogen-bond acceptors (Lipinski definition) is 1. The summed E-state index contributed by atoms with van der Waals surface area (Å²) in [5.41, 5.74) is 3.78. The zero-order valence-corrected chi connectivity index (χ0v) is 16.5. The van der Waals surface area contributed by atoms with Gasteiger partial charge in [-0.05, 0) is 40.8 Å². The third kappa shape index (κ3) is 3.44. The highest BCUT2D eigenvalue weighted by Gasteiger charge is 2.16. The van der Waals surface area contributed by atoms with E-state index in [2.05, 4.69) is 71.3 Å². The summed E-state index contributed by atoms with van der Waals surface area (Å²) in [7, 11) is 0. The molecule has 2 nitrogen and oxygen atoms in total. The molecule has 1 aliphatic carbocycles. The van der Waals surface area contributed by atoms with Gasteiger partial charge in [-0.25, -0.2) is 4.98 Å². The normalized spacial score (nSPS) is 15.4. The Morgan fingerprint density at radius 1 is 0.821 bits per heavy atom. The van der Waals surface area contributed by atoms with Crippen LogP contribution < -0.4 is 0 Å². The van der Waals surface area contributed by atoms with Crippen molar-refractivity contribution in [3.05, 3.63) is 78.1 Å². The molecule has 0 spiro atoms. The molecule has 0 aliphatic heterocycles. The van der Waals surface area contributed by atoms with Crippen molar-refractivity contribution < 1.29 is 0 Å². The van der Waals surface area contributed by atoms with Gasteiger partial charge in [-0.1, -0.05) is 86.7 Å². The van der Waals surface area contributed by atoms with Gasteiger partial charge in [-0.2, -0.15) is 0 Å². The van der Waals surface area contributed by atoms with Gasteiger partial charge in [0.2, 0.25) is 0 Å². The van der Waals surface area contributed by atoms with Gasteiger partial charge in [-0.3, -0.25) is 0 Å². The van der Waals surface area contributed by atoms with Crippen molar-refractivity contribution in [1.82, 2.24) is 9.55 Å². The summed E-state index contributed by atoms with van der Waals surface area (Å²) in [5, 5.41) is 2.65. The first kappa shape index (κ1) is 17.5. The minimum atomic E-state index is 0.889. The first-order chi connectivity index (χ1) is 13.9. The predicted octanol–water partition coefficient (Wildman–Crippen LogP) is 6.75. The van der Waals surface area contributed by atoms with E-state index in [1.165, 1.54) is 66.2 Å². The second-order valence-electron chi connectivity index (χ2n) is 8.28. The summed E-state index contributed by atoms with van der Waals surface area (Å²) in [6.45, 7) is 1.09. The molecule has 0 bridgehead atoms. The minimum absolute atomic E-state index is 0.889. The number of hydrogen-bond donors (Lipinski definition) is 0. The molecule has 1 heterocycles. The Bertz CT molecular complexity index is 1080. The molecule has 1 aliphatic rings. The van der Waals surface area contributed by atoms with Crippen molar-refractivity contribution in [2.45, 2.75) is 51.5 Å². The zero-order valence-electron chi connectivity index (χ0n) is 16.5. The molecule has 3 aromatic carbocycles. The first-order valence-electron chi connectivity index (χ1n) is 10.8. The molecule has 142 valence electrons. The Morgan fingerprint density at radius 2 is 1.61 bits per heavy atom. The number of aromatic nitrogens is 2. The largest absolute Gasteiger partial charge is 0.328 e. The SMILES string of the molecule is c1ccc2c(Cc3nc4ccccc4n3CCC3CCCCC3)cccc2c1. The van der Waals surface area contributed by atoms with Crippen LogP contribution in [0.4, 0.5) is 0 Å². The quantitative estimate of drug-likeness (QED) is 0.381. The van der Waals surface area contributed by atoms with E-state index in [-0.39, 0.29) is 0 Å². The van der Waals surface area contributed by atoms with Crippen molar-refractivity contribution in [2.75, 3.05) is 0 Å². The molecule has 0 N–H and O–H groups in total. The van der Waals surface area contributed by atoms with Gasteiger partial charge in [0.1, 0.15) is 5.82 Å². The average Bonchev–Trinajstić information content (AvgIpc) is 3.10. The molecule has 0 radical (unpaired) electrons. The van der Waals surface area contributed by atoms with Crippen molar-refractivity contribution in [3.63, 3.8) is 0 Å². The Kier molecular flexibility index (Phi) is 4.86. The highest BCUT2D eigenvalue weighted by Crippen LogP contribution is 2.29. The van der Waals surface area contributed by atoms with Crippen molar-refractivity contribution in [3.8, 4) is 0 Å². The molecule has 0 unspecified atom stereocenters. The summed E-state index contributed by atoms with van der Waals surface area (Å²) in [6.07, 6.45) is 9.24. The fraction of sp³-hybridized carbons (Fsp3) is 0.346. The lowest BCUT2D eigenvalue weighted by Crippen LogP contribution is -2.12. The topological polar surface area (TPSA) is 17.8 Å². The number of nitrogens with zero attached hydrogens (tertiary/aromatic N) is 2. The molecule has 0 amide bonds. The second kappa shape index (κ2) is 7.79. The van der Waals surface area contributed by atoms with E-state index < -0.39 is 0 Å². The maximum Gasteiger partial charge on any atom is 0.114 e. The van der Waals surface area contributed by atoms with Crippen LogP contribution in [0.25, 0.3) is 21.8 Å². The van der Waals surface area contributed by atoms with Gasteiger partial charge in [0.15, 0.2) is 0 Å². The predicted molar refractivity (Wildman–Crippen MR) is 118 cm³/mol. The lowest BCUT2D eigenvalue weighted by atomic mass is 9.87. The van der Waals surface area contributed by atoms with E-state index in [9.17, 15) is 0 Å². The Hall–Kier alpha value is -2.61. The number of rotatable bonds is 5. The van der Waals surface area contributed by atoms with Crippen LogP contribution in [0.3, 0.4) is 0 Å². The highest BCUT2D eigenvalue weighted by molar-refractivity contribution is 5.86. The Morgan fingerprint density at radius 3 is 2.54 bits per heavy atom. The van der Waals surface area contributed by atoms with E-state index in [0.717, 1.165) is 24.4 Å². The van der Waals surface area contributed by atoms with Crippen LogP contribution in [-0.2, 0) is 13.0 Å². The molecular formula is C26H28N2. The van der Waals surface area contributed by atoms with Gasteiger partial charge in [-0.15, -0.1) is 0 Å². The van der Waals surface area contributed by atoms with Crippen molar-refractivity contribution in [2.24, 2.45) is 5.92 Å². The molecule has 2 heteroatoms. The second-order valence-corrected chi connectivity index (χ2v) is 8.28. The van der Waals surface area contributed by atoms with Crippen molar-refractivity contribution >= 4 is 21.8 Å². The van der Waals surface area contributed by atoms with E-state index in [1.54, 1.807) is 0 Å². The number of fused-ring (bicyclic) bond motifs is 2. The number of aryl methyl sites for hydroxylation is 1. The average molecular weight is 369 g/mol. The summed E-state index contributed by atoms with van der Waals surface area (Å²) >= 11 is 0. The van der Waals surface area contributed by atoms with Gasteiger partial charge in [0.05, 0.1) is 11.0 Å². The van der Waals surface area contributed by atoms with E-state index >= 15 is 0 Å². The van der Waals surface area contributed by atoms with E-state index in [0.29, 0.717) is 0 Å². The highest BCUT2D eigenvalue weighted by atomic mass is 15.1. The lowest BCUT2D eigenvalue weighted by molar-refractivity contribution is 0.324. The lowest BCUT2D eigenvalue weighted by Gasteiger charge is -2.22. The number of imidazole rings is 1. The molecule has 28 heavy (non-hydrogen) atoms. The molecule has 5 rings (SSSR count). The van der Waals surface area contributed by atoms with Crippen LogP contribution in [0.15, 0.2) is 66.7 Å². The number of benzene rings is 3. The maximum absolute atomic E-state index is 5.04. The molecule has 1 fully saturated rings. The third-order valence-electron chi connectivity index (χ3n) is 6.45. The molecule has 0 saturated heterocycles. The van der Waals surface area contributed by atoms with Gasteiger partial charge in [0.25, 0.3) is 0 Å². The van der Waals surface area contributed by atoms with Crippen LogP contribution in [0.1, 0.15) is 49.9 Å².